The van der Waals surface area contributed by atoms with Gasteiger partial charge in [-0.3, -0.25) is 4.79 Å². The minimum atomic E-state index is 0.239. The van der Waals surface area contributed by atoms with Crippen LogP contribution in [-0.2, 0) is 4.79 Å². The maximum absolute atomic E-state index is 12.6. The Hall–Kier alpha value is -0.570. The van der Waals surface area contributed by atoms with E-state index in [2.05, 4.69) is 18.7 Å². The zero-order valence-electron chi connectivity index (χ0n) is 11.9. The third-order valence-electron chi connectivity index (χ3n) is 5.03. The number of carbonyl (C=O) groups excluding carboxylic acids is 1. The molecule has 1 amide bonds. The summed E-state index contributed by atoms with van der Waals surface area (Å²) < 4.78 is 0. The highest BCUT2D eigenvalue weighted by Gasteiger charge is 2.34. The van der Waals surface area contributed by atoms with Crippen molar-refractivity contribution < 1.29 is 4.79 Å². The van der Waals surface area contributed by atoms with Crippen molar-refractivity contribution >= 4 is 5.91 Å². The lowest BCUT2D eigenvalue weighted by Crippen LogP contribution is -2.46. The summed E-state index contributed by atoms with van der Waals surface area (Å²) >= 11 is 0. The second-order valence-corrected chi connectivity index (χ2v) is 6.33. The quantitative estimate of drug-likeness (QED) is 0.820. The van der Waals surface area contributed by atoms with Crippen molar-refractivity contribution in [3.63, 3.8) is 0 Å². The van der Waals surface area contributed by atoms with Gasteiger partial charge in [0.2, 0.25) is 5.91 Å². The van der Waals surface area contributed by atoms with Gasteiger partial charge in [0.1, 0.15) is 0 Å². The first-order valence-electron chi connectivity index (χ1n) is 7.66. The van der Waals surface area contributed by atoms with Crippen LogP contribution in [0.4, 0.5) is 0 Å². The van der Waals surface area contributed by atoms with Crippen LogP contribution in [0.1, 0.15) is 52.4 Å². The number of hydrogen-bond donors (Lipinski definition) is 1. The number of carbonyl (C=O) groups is 1. The predicted octanol–water partition coefficient (Wildman–Crippen LogP) is 2.40. The van der Waals surface area contributed by atoms with Crippen molar-refractivity contribution in [1.82, 2.24) is 4.90 Å². The molecule has 2 N–H and O–H groups in total. The van der Waals surface area contributed by atoms with E-state index in [-0.39, 0.29) is 5.92 Å². The molecule has 1 saturated heterocycles. The summed E-state index contributed by atoms with van der Waals surface area (Å²) in [7, 11) is 0. The Balaban J connectivity index is 1.88. The number of nitrogens with two attached hydrogens (primary N) is 1. The van der Waals surface area contributed by atoms with Crippen LogP contribution in [-0.4, -0.2) is 29.9 Å². The summed E-state index contributed by atoms with van der Waals surface area (Å²) in [5.74, 6) is 1.95. The van der Waals surface area contributed by atoms with Crippen molar-refractivity contribution in [3.05, 3.63) is 0 Å². The largest absolute Gasteiger partial charge is 0.342 e. The smallest absolute Gasteiger partial charge is 0.225 e. The summed E-state index contributed by atoms with van der Waals surface area (Å²) in [6.07, 6.45) is 6.69. The molecule has 1 saturated carbocycles. The molecule has 2 fully saturated rings. The summed E-state index contributed by atoms with van der Waals surface area (Å²) in [4.78, 5) is 14.7. The van der Waals surface area contributed by atoms with Gasteiger partial charge >= 0.3 is 0 Å². The molecule has 1 aliphatic heterocycles. The Morgan fingerprint density at radius 2 is 1.89 bits per heavy atom. The highest BCUT2D eigenvalue weighted by Crippen LogP contribution is 2.32. The lowest BCUT2D eigenvalue weighted by molar-refractivity contribution is -0.139. The maximum atomic E-state index is 12.6. The van der Waals surface area contributed by atoms with E-state index in [1.165, 1.54) is 19.3 Å². The first kappa shape index (κ1) is 13.9. The van der Waals surface area contributed by atoms with E-state index in [1.807, 2.05) is 0 Å². The fourth-order valence-corrected chi connectivity index (χ4v) is 3.60. The Morgan fingerprint density at radius 1 is 1.22 bits per heavy atom. The van der Waals surface area contributed by atoms with E-state index < -0.39 is 0 Å². The molecule has 3 unspecified atom stereocenters. The molecule has 1 aliphatic carbocycles. The number of rotatable bonds is 2. The molecule has 2 aliphatic rings. The number of piperidine rings is 1. The van der Waals surface area contributed by atoms with E-state index in [0.29, 0.717) is 17.9 Å². The van der Waals surface area contributed by atoms with Gasteiger partial charge in [-0.25, -0.2) is 0 Å². The third-order valence-corrected chi connectivity index (χ3v) is 5.03. The van der Waals surface area contributed by atoms with E-state index in [0.717, 1.165) is 38.3 Å². The van der Waals surface area contributed by atoms with Crippen molar-refractivity contribution in [2.75, 3.05) is 13.1 Å². The molecule has 2 rings (SSSR count). The molecule has 3 nitrogen and oxygen atoms in total. The zero-order valence-corrected chi connectivity index (χ0v) is 11.9. The minimum absolute atomic E-state index is 0.239. The second-order valence-electron chi connectivity index (χ2n) is 6.33. The lowest BCUT2D eigenvalue weighted by Gasteiger charge is -2.38. The standard InChI is InChI=1S/C15H28N2O/c1-3-12-6-8-17(9-7-12)15(18)14-5-4-13(16)10-11(14)2/h11-14H,3-10,16H2,1-2H3. The normalized spacial score (nSPS) is 34.6. The summed E-state index contributed by atoms with van der Waals surface area (Å²) in [6, 6.07) is 0.315. The highest BCUT2D eigenvalue weighted by atomic mass is 16.2. The van der Waals surface area contributed by atoms with Crippen LogP contribution in [0, 0.1) is 17.8 Å². The van der Waals surface area contributed by atoms with Crippen LogP contribution in [0.3, 0.4) is 0 Å². The molecular formula is C15H28N2O. The van der Waals surface area contributed by atoms with Gasteiger partial charge in [-0.2, -0.15) is 0 Å². The van der Waals surface area contributed by atoms with Gasteiger partial charge in [-0.05, 0) is 43.9 Å². The molecule has 104 valence electrons. The van der Waals surface area contributed by atoms with Crippen molar-refractivity contribution in [2.24, 2.45) is 23.5 Å². The molecule has 0 radical (unpaired) electrons. The van der Waals surface area contributed by atoms with Gasteiger partial charge in [0.25, 0.3) is 0 Å². The number of amides is 1. The fourth-order valence-electron chi connectivity index (χ4n) is 3.60. The Morgan fingerprint density at radius 3 is 2.44 bits per heavy atom. The van der Waals surface area contributed by atoms with E-state index in [1.54, 1.807) is 0 Å². The Labute approximate surface area is 111 Å². The van der Waals surface area contributed by atoms with Crippen LogP contribution >= 0.6 is 0 Å². The molecule has 1 heterocycles. The van der Waals surface area contributed by atoms with Gasteiger partial charge in [-0.15, -0.1) is 0 Å². The van der Waals surface area contributed by atoms with Gasteiger partial charge < -0.3 is 10.6 Å². The van der Waals surface area contributed by atoms with Crippen LogP contribution < -0.4 is 5.73 Å². The van der Waals surface area contributed by atoms with Crippen LogP contribution in [0.25, 0.3) is 0 Å². The van der Waals surface area contributed by atoms with Crippen LogP contribution in [0.15, 0.2) is 0 Å². The molecule has 18 heavy (non-hydrogen) atoms. The minimum Gasteiger partial charge on any atom is -0.342 e. The van der Waals surface area contributed by atoms with Gasteiger partial charge in [-0.1, -0.05) is 20.3 Å². The van der Waals surface area contributed by atoms with Gasteiger partial charge in [0.15, 0.2) is 0 Å². The van der Waals surface area contributed by atoms with Crippen molar-refractivity contribution in [3.8, 4) is 0 Å². The molecule has 3 atom stereocenters. The molecule has 0 bridgehead atoms. The third kappa shape index (κ3) is 3.05. The molecule has 3 heteroatoms. The fraction of sp³-hybridized carbons (Fsp3) is 0.933. The molecular weight excluding hydrogens is 224 g/mol. The maximum Gasteiger partial charge on any atom is 0.225 e. The van der Waals surface area contributed by atoms with E-state index in [4.69, 9.17) is 5.73 Å². The first-order valence-corrected chi connectivity index (χ1v) is 7.66. The summed E-state index contributed by atoms with van der Waals surface area (Å²) in [6.45, 7) is 6.41. The van der Waals surface area contributed by atoms with Crippen LogP contribution in [0.2, 0.25) is 0 Å². The molecule has 0 spiro atoms. The first-order chi connectivity index (χ1) is 8.61. The van der Waals surface area contributed by atoms with Gasteiger partial charge in [0.05, 0.1) is 0 Å². The average Bonchev–Trinajstić information content (AvgIpc) is 2.38. The zero-order chi connectivity index (χ0) is 13.1. The topological polar surface area (TPSA) is 46.3 Å². The van der Waals surface area contributed by atoms with Crippen molar-refractivity contribution in [2.45, 2.75) is 58.4 Å². The predicted molar refractivity (Wildman–Crippen MR) is 74.1 cm³/mol. The molecule has 0 aromatic rings. The molecule has 0 aromatic heterocycles. The Bertz CT molecular complexity index is 284. The van der Waals surface area contributed by atoms with Gasteiger partial charge in [0, 0.05) is 25.0 Å². The average molecular weight is 252 g/mol. The SMILES string of the molecule is CCC1CCN(C(=O)C2CCC(N)CC2C)CC1. The number of likely N-dealkylation sites (tertiary alicyclic amines) is 1. The Kier molecular flexibility index (Phi) is 4.66. The summed E-state index contributed by atoms with van der Waals surface area (Å²) in [5.41, 5.74) is 5.98. The second kappa shape index (κ2) is 6.05. The summed E-state index contributed by atoms with van der Waals surface area (Å²) in [5, 5.41) is 0. The number of nitrogens with zero attached hydrogens (tertiary/aromatic N) is 1. The van der Waals surface area contributed by atoms with Crippen LogP contribution in [0.5, 0.6) is 0 Å². The molecule has 0 aromatic carbocycles. The van der Waals surface area contributed by atoms with E-state index in [9.17, 15) is 4.79 Å². The highest BCUT2D eigenvalue weighted by molar-refractivity contribution is 5.79. The lowest BCUT2D eigenvalue weighted by atomic mass is 9.77. The monoisotopic (exact) mass is 252 g/mol. The van der Waals surface area contributed by atoms with E-state index >= 15 is 0 Å². The number of hydrogen-bond acceptors (Lipinski definition) is 2. The van der Waals surface area contributed by atoms with Crippen molar-refractivity contribution in [1.29, 1.82) is 0 Å².